The Labute approximate surface area is 76.5 Å². The largest absolute Gasteiger partial charge is 0.360 e. The summed E-state index contributed by atoms with van der Waals surface area (Å²) in [6.07, 6.45) is 1.09. The highest BCUT2D eigenvalue weighted by Gasteiger charge is 2.22. The van der Waals surface area contributed by atoms with Crippen molar-refractivity contribution in [3.8, 4) is 0 Å². The molecule has 1 unspecified atom stereocenters. The van der Waals surface area contributed by atoms with Crippen LogP contribution in [0.25, 0.3) is 0 Å². The molecule has 0 aliphatic carbocycles. The SMILES string of the molecule is CCC(C)N(C)C(=N)C(C)(C)C. The number of hydrogen-bond acceptors (Lipinski definition) is 1. The summed E-state index contributed by atoms with van der Waals surface area (Å²) in [5.74, 6) is 0.719. The molecule has 0 radical (unpaired) electrons. The first kappa shape index (κ1) is 11.5. The second-order valence-electron chi connectivity index (χ2n) is 4.47. The Morgan fingerprint density at radius 3 is 2.08 bits per heavy atom. The van der Waals surface area contributed by atoms with Crippen LogP contribution in [0, 0.1) is 10.8 Å². The lowest BCUT2D eigenvalue weighted by molar-refractivity contribution is 0.339. The average molecular weight is 170 g/mol. The van der Waals surface area contributed by atoms with E-state index < -0.39 is 0 Å². The van der Waals surface area contributed by atoms with E-state index in [1.54, 1.807) is 0 Å². The van der Waals surface area contributed by atoms with Gasteiger partial charge in [0.15, 0.2) is 0 Å². The Bertz CT molecular complexity index is 156. The van der Waals surface area contributed by atoms with Crippen LogP contribution < -0.4 is 0 Å². The van der Waals surface area contributed by atoms with E-state index in [0.29, 0.717) is 6.04 Å². The molecule has 0 heterocycles. The molecule has 72 valence electrons. The highest BCUT2D eigenvalue weighted by molar-refractivity contribution is 5.84. The van der Waals surface area contributed by atoms with Gasteiger partial charge < -0.3 is 4.90 Å². The maximum atomic E-state index is 7.91. The van der Waals surface area contributed by atoms with Crippen LogP contribution in [-0.2, 0) is 0 Å². The molecule has 0 rings (SSSR count). The molecule has 12 heavy (non-hydrogen) atoms. The number of rotatable bonds is 2. The molecule has 0 aliphatic rings. The van der Waals surface area contributed by atoms with Crippen molar-refractivity contribution in [1.82, 2.24) is 4.90 Å². The number of nitrogens with zero attached hydrogens (tertiary/aromatic N) is 1. The second kappa shape index (κ2) is 3.92. The van der Waals surface area contributed by atoms with Gasteiger partial charge in [0.1, 0.15) is 5.84 Å². The molecule has 0 spiro atoms. The molecule has 2 nitrogen and oxygen atoms in total. The van der Waals surface area contributed by atoms with E-state index in [1.165, 1.54) is 0 Å². The van der Waals surface area contributed by atoms with Gasteiger partial charge in [-0.3, -0.25) is 5.41 Å². The minimum atomic E-state index is -0.0296. The zero-order chi connectivity index (χ0) is 9.94. The summed E-state index contributed by atoms with van der Waals surface area (Å²) < 4.78 is 0. The van der Waals surface area contributed by atoms with Gasteiger partial charge >= 0.3 is 0 Å². The number of nitrogens with one attached hydrogen (secondary N) is 1. The van der Waals surface area contributed by atoms with Gasteiger partial charge in [0, 0.05) is 18.5 Å². The molecule has 0 saturated heterocycles. The van der Waals surface area contributed by atoms with Crippen LogP contribution in [0.2, 0.25) is 0 Å². The van der Waals surface area contributed by atoms with Crippen LogP contribution in [0.3, 0.4) is 0 Å². The molecule has 2 heteroatoms. The third-order valence-corrected chi connectivity index (χ3v) is 2.32. The van der Waals surface area contributed by atoms with Crippen molar-refractivity contribution in [2.45, 2.75) is 47.1 Å². The summed E-state index contributed by atoms with van der Waals surface area (Å²) in [5.41, 5.74) is -0.0296. The van der Waals surface area contributed by atoms with Crippen LogP contribution in [0.1, 0.15) is 41.0 Å². The molecule has 0 aromatic carbocycles. The average Bonchev–Trinajstić information content (AvgIpc) is 1.98. The Morgan fingerprint density at radius 1 is 1.42 bits per heavy atom. The van der Waals surface area contributed by atoms with E-state index in [0.717, 1.165) is 12.3 Å². The fourth-order valence-corrected chi connectivity index (χ4v) is 1.02. The lowest BCUT2D eigenvalue weighted by Crippen LogP contribution is -2.41. The van der Waals surface area contributed by atoms with E-state index >= 15 is 0 Å². The first-order chi connectivity index (χ1) is 5.30. The molecule has 0 bridgehead atoms. The zero-order valence-electron chi connectivity index (χ0n) is 9.23. The molecule has 0 fully saturated rings. The van der Waals surface area contributed by atoms with Crippen LogP contribution in [0.4, 0.5) is 0 Å². The summed E-state index contributed by atoms with van der Waals surface area (Å²) in [6.45, 7) is 10.5. The van der Waals surface area contributed by atoms with Gasteiger partial charge in [-0.1, -0.05) is 27.7 Å². The molecule has 0 saturated carbocycles. The predicted molar refractivity (Wildman–Crippen MR) is 54.7 cm³/mol. The van der Waals surface area contributed by atoms with Crippen LogP contribution in [0.5, 0.6) is 0 Å². The summed E-state index contributed by atoms with van der Waals surface area (Å²) in [5, 5.41) is 7.91. The Kier molecular flexibility index (Phi) is 3.75. The Balaban J connectivity index is 4.30. The summed E-state index contributed by atoms with van der Waals surface area (Å²) in [6, 6.07) is 0.469. The molecule has 1 atom stereocenters. The van der Waals surface area contributed by atoms with Crippen molar-refractivity contribution in [3.63, 3.8) is 0 Å². The lowest BCUT2D eigenvalue weighted by atomic mass is 9.93. The minimum Gasteiger partial charge on any atom is -0.360 e. The predicted octanol–water partition coefficient (Wildman–Crippen LogP) is 2.74. The zero-order valence-corrected chi connectivity index (χ0v) is 9.23. The van der Waals surface area contributed by atoms with Crippen molar-refractivity contribution >= 4 is 5.84 Å². The summed E-state index contributed by atoms with van der Waals surface area (Å²) in [4.78, 5) is 2.06. The number of hydrogen-bond donors (Lipinski definition) is 1. The first-order valence-corrected chi connectivity index (χ1v) is 4.62. The fraction of sp³-hybridized carbons (Fsp3) is 0.900. The first-order valence-electron chi connectivity index (χ1n) is 4.62. The molecular weight excluding hydrogens is 148 g/mol. The quantitative estimate of drug-likeness (QED) is 0.500. The third-order valence-electron chi connectivity index (χ3n) is 2.32. The smallest absolute Gasteiger partial charge is 0.101 e. The minimum absolute atomic E-state index is 0.0296. The van der Waals surface area contributed by atoms with Crippen LogP contribution >= 0.6 is 0 Å². The van der Waals surface area contributed by atoms with E-state index in [1.807, 2.05) is 7.05 Å². The van der Waals surface area contributed by atoms with Crippen molar-refractivity contribution in [3.05, 3.63) is 0 Å². The maximum absolute atomic E-state index is 7.91. The molecule has 0 aromatic heterocycles. The third kappa shape index (κ3) is 2.84. The Hall–Kier alpha value is -0.530. The fourth-order valence-electron chi connectivity index (χ4n) is 1.02. The number of amidine groups is 1. The van der Waals surface area contributed by atoms with Gasteiger partial charge in [-0.05, 0) is 13.3 Å². The Morgan fingerprint density at radius 2 is 1.83 bits per heavy atom. The van der Waals surface area contributed by atoms with Crippen molar-refractivity contribution in [1.29, 1.82) is 5.41 Å². The topological polar surface area (TPSA) is 27.1 Å². The van der Waals surface area contributed by atoms with Gasteiger partial charge in [0.2, 0.25) is 0 Å². The second-order valence-corrected chi connectivity index (χ2v) is 4.47. The highest BCUT2D eigenvalue weighted by atomic mass is 15.2. The van der Waals surface area contributed by atoms with Gasteiger partial charge in [-0.2, -0.15) is 0 Å². The van der Waals surface area contributed by atoms with Crippen LogP contribution in [0.15, 0.2) is 0 Å². The normalized spacial score (nSPS) is 14.2. The monoisotopic (exact) mass is 170 g/mol. The summed E-state index contributed by atoms with van der Waals surface area (Å²) >= 11 is 0. The van der Waals surface area contributed by atoms with E-state index in [4.69, 9.17) is 5.41 Å². The molecule has 1 N–H and O–H groups in total. The van der Waals surface area contributed by atoms with Gasteiger partial charge in [0.25, 0.3) is 0 Å². The standard InChI is InChI=1S/C10H22N2/c1-7-8(2)12(6)9(11)10(3,4)5/h8,11H,7H2,1-6H3. The van der Waals surface area contributed by atoms with Gasteiger partial charge in [0.05, 0.1) is 0 Å². The van der Waals surface area contributed by atoms with Gasteiger partial charge in [-0.15, -0.1) is 0 Å². The van der Waals surface area contributed by atoms with Crippen molar-refractivity contribution in [2.24, 2.45) is 5.41 Å². The lowest BCUT2D eigenvalue weighted by Gasteiger charge is -2.33. The molecule has 0 aromatic rings. The molecule has 0 amide bonds. The molecule has 0 aliphatic heterocycles. The maximum Gasteiger partial charge on any atom is 0.101 e. The van der Waals surface area contributed by atoms with E-state index in [-0.39, 0.29) is 5.41 Å². The van der Waals surface area contributed by atoms with Crippen LogP contribution in [-0.4, -0.2) is 23.8 Å². The summed E-state index contributed by atoms with van der Waals surface area (Å²) in [7, 11) is 2.00. The van der Waals surface area contributed by atoms with E-state index in [9.17, 15) is 0 Å². The molecular formula is C10H22N2. The highest BCUT2D eigenvalue weighted by Crippen LogP contribution is 2.18. The van der Waals surface area contributed by atoms with E-state index in [2.05, 4.69) is 39.5 Å². The van der Waals surface area contributed by atoms with Gasteiger partial charge in [-0.25, -0.2) is 0 Å². The van der Waals surface area contributed by atoms with Crippen molar-refractivity contribution in [2.75, 3.05) is 7.05 Å². The van der Waals surface area contributed by atoms with Crippen molar-refractivity contribution < 1.29 is 0 Å².